The van der Waals surface area contributed by atoms with Gasteiger partial charge in [-0.2, -0.15) is 26.3 Å². The van der Waals surface area contributed by atoms with Crippen LogP contribution in [-0.4, -0.2) is 29.1 Å². The average Bonchev–Trinajstić information content (AvgIpc) is 2.25. The number of hydrogen-bond acceptors (Lipinski definition) is 1. The standard InChI is InChI=1S/C11H14BrF6NO/c12-6-9(4-2-1-3-5-9)19-8(20)7(10(13,14)15)11(16,17)18/h7H,1-6H2,(H,19,20). The van der Waals surface area contributed by atoms with Crippen molar-refractivity contribution in [2.24, 2.45) is 5.92 Å². The molecule has 0 unspecified atom stereocenters. The molecular formula is C11H14BrF6NO. The van der Waals surface area contributed by atoms with Crippen molar-refractivity contribution in [3.8, 4) is 0 Å². The minimum atomic E-state index is -5.65. The summed E-state index contributed by atoms with van der Waals surface area (Å²) in [6.45, 7) is 0. The molecule has 0 heterocycles. The van der Waals surface area contributed by atoms with Crippen molar-refractivity contribution in [2.75, 3.05) is 5.33 Å². The molecule has 0 aliphatic heterocycles. The summed E-state index contributed by atoms with van der Waals surface area (Å²) in [5.74, 6) is -6.00. The number of halogens is 7. The molecular weight excluding hydrogens is 356 g/mol. The van der Waals surface area contributed by atoms with Gasteiger partial charge in [0.05, 0.1) is 0 Å². The molecule has 2 nitrogen and oxygen atoms in total. The Bertz CT molecular complexity index is 334. The zero-order chi connectivity index (χ0) is 15.6. The SMILES string of the molecule is O=C(NC1(CBr)CCCCC1)C(C(F)(F)F)C(F)(F)F. The van der Waals surface area contributed by atoms with Crippen LogP contribution in [-0.2, 0) is 4.79 Å². The van der Waals surface area contributed by atoms with Crippen LogP contribution in [0.1, 0.15) is 32.1 Å². The van der Waals surface area contributed by atoms with E-state index in [9.17, 15) is 31.1 Å². The predicted molar refractivity (Wildman–Crippen MR) is 63.4 cm³/mol. The number of amides is 1. The molecule has 1 aliphatic carbocycles. The number of carbonyl (C=O) groups is 1. The van der Waals surface area contributed by atoms with Gasteiger partial charge in [0.2, 0.25) is 11.8 Å². The lowest BCUT2D eigenvalue weighted by molar-refractivity contribution is -0.274. The van der Waals surface area contributed by atoms with E-state index < -0.39 is 29.7 Å². The number of alkyl halides is 7. The third-order valence-corrected chi connectivity index (χ3v) is 4.45. The van der Waals surface area contributed by atoms with Crippen molar-refractivity contribution >= 4 is 21.8 Å². The lowest BCUT2D eigenvalue weighted by atomic mass is 9.83. The van der Waals surface area contributed by atoms with E-state index in [0.717, 1.165) is 6.42 Å². The highest BCUT2D eigenvalue weighted by Crippen LogP contribution is 2.40. The molecule has 0 aromatic carbocycles. The second-order valence-corrected chi connectivity index (χ2v) is 5.54. The van der Waals surface area contributed by atoms with E-state index in [2.05, 4.69) is 15.9 Å². The Morgan fingerprint density at radius 2 is 1.50 bits per heavy atom. The monoisotopic (exact) mass is 369 g/mol. The van der Waals surface area contributed by atoms with E-state index in [-0.39, 0.29) is 5.33 Å². The highest BCUT2D eigenvalue weighted by atomic mass is 79.9. The third-order valence-electron chi connectivity index (χ3n) is 3.37. The van der Waals surface area contributed by atoms with Crippen LogP contribution in [0.4, 0.5) is 26.3 Å². The zero-order valence-corrected chi connectivity index (χ0v) is 12.0. The predicted octanol–water partition coefficient (Wildman–Crippen LogP) is 3.94. The lowest BCUT2D eigenvalue weighted by Crippen LogP contribution is -2.57. The maximum Gasteiger partial charge on any atom is 0.409 e. The molecule has 1 aliphatic rings. The molecule has 118 valence electrons. The largest absolute Gasteiger partial charge is 0.409 e. The second-order valence-electron chi connectivity index (χ2n) is 4.98. The van der Waals surface area contributed by atoms with Crippen molar-refractivity contribution in [2.45, 2.75) is 50.0 Å². The van der Waals surface area contributed by atoms with E-state index in [1.165, 1.54) is 0 Å². The van der Waals surface area contributed by atoms with E-state index in [1.54, 1.807) is 0 Å². The van der Waals surface area contributed by atoms with Gasteiger partial charge in [-0.1, -0.05) is 35.2 Å². The highest BCUT2D eigenvalue weighted by molar-refractivity contribution is 9.09. The van der Waals surface area contributed by atoms with Crippen LogP contribution in [0.5, 0.6) is 0 Å². The average molecular weight is 370 g/mol. The van der Waals surface area contributed by atoms with Gasteiger partial charge in [-0.05, 0) is 12.8 Å². The molecule has 0 aromatic rings. The molecule has 0 spiro atoms. The van der Waals surface area contributed by atoms with Gasteiger partial charge in [0.25, 0.3) is 0 Å². The van der Waals surface area contributed by atoms with Crippen LogP contribution in [0.15, 0.2) is 0 Å². The number of rotatable bonds is 3. The third kappa shape index (κ3) is 4.26. The van der Waals surface area contributed by atoms with Gasteiger partial charge in [0.15, 0.2) is 0 Å². The molecule has 0 bridgehead atoms. The Morgan fingerprint density at radius 3 is 1.85 bits per heavy atom. The normalized spacial score (nSPS) is 20.0. The number of hydrogen-bond donors (Lipinski definition) is 1. The van der Waals surface area contributed by atoms with Gasteiger partial charge in [-0.25, -0.2) is 0 Å². The fourth-order valence-electron chi connectivity index (χ4n) is 2.34. The van der Waals surface area contributed by atoms with Crippen LogP contribution in [0, 0.1) is 5.92 Å². The Hall–Kier alpha value is -0.470. The minimum absolute atomic E-state index is 0.133. The molecule has 0 saturated heterocycles. The molecule has 0 aromatic heterocycles. The first-order valence-corrected chi connectivity index (χ1v) is 7.15. The van der Waals surface area contributed by atoms with Crippen LogP contribution >= 0.6 is 15.9 Å². The molecule has 0 radical (unpaired) electrons. The molecule has 9 heteroatoms. The number of nitrogens with one attached hydrogen (secondary N) is 1. The van der Waals surface area contributed by atoms with Crippen LogP contribution in [0.3, 0.4) is 0 Å². The highest BCUT2D eigenvalue weighted by Gasteiger charge is 2.61. The summed E-state index contributed by atoms with van der Waals surface area (Å²) in [7, 11) is 0. The second kappa shape index (κ2) is 6.11. The fourth-order valence-corrected chi connectivity index (χ4v) is 3.04. The minimum Gasteiger partial charge on any atom is -0.349 e. The molecule has 1 rings (SSSR count). The van der Waals surface area contributed by atoms with Crippen molar-refractivity contribution in [3.63, 3.8) is 0 Å². The van der Waals surface area contributed by atoms with E-state index >= 15 is 0 Å². The summed E-state index contributed by atoms with van der Waals surface area (Å²) < 4.78 is 74.7. The van der Waals surface area contributed by atoms with E-state index in [0.29, 0.717) is 25.7 Å². The Labute approximate surface area is 120 Å². The summed E-state index contributed by atoms with van der Waals surface area (Å²) in [5, 5.41) is 2.10. The van der Waals surface area contributed by atoms with Gasteiger partial charge >= 0.3 is 12.4 Å². The Kier molecular flexibility index (Phi) is 5.37. The smallest absolute Gasteiger partial charge is 0.349 e. The van der Waals surface area contributed by atoms with Crippen LogP contribution < -0.4 is 5.32 Å². The summed E-state index contributed by atoms with van der Waals surface area (Å²) in [6, 6.07) is 0. The Morgan fingerprint density at radius 1 is 1.05 bits per heavy atom. The summed E-state index contributed by atoms with van der Waals surface area (Å²) in [4.78, 5) is 11.5. The van der Waals surface area contributed by atoms with Gasteiger partial charge in [0, 0.05) is 10.9 Å². The summed E-state index contributed by atoms with van der Waals surface area (Å²) in [5.41, 5.74) is -1.02. The van der Waals surface area contributed by atoms with Gasteiger partial charge in [0.1, 0.15) is 0 Å². The number of carbonyl (C=O) groups excluding carboxylic acids is 1. The topological polar surface area (TPSA) is 29.1 Å². The van der Waals surface area contributed by atoms with Crippen LogP contribution in [0.2, 0.25) is 0 Å². The maximum atomic E-state index is 12.5. The first-order chi connectivity index (χ1) is 9.02. The van der Waals surface area contributed by atoms with Crippen molar-refractivity contribution < 1.29 is 31.1 Å². The Balaban J connectivity index is 2.91. The molecule has 1 saturated carbocycles. The van der Waals surface area contributed by atoms with Crippen LogP contribution in [0.25, 0.3) is 0 Å². The van der Waals surface area contributed by atoms with Crippen molar-refractivity contribution in [1.29, 1.82) is 0 Å². The van der Waals surface area contributed by atoms with Crippen molar-refractivity contribution in [1.82, 2.24) is 5.32 Å². The molecule has 20 heavy (non-hydrogen) atoms. The lowest BCUT2D eigenvalue weighted by Gasteiger charge is -2.38. The molecule has 1 fully saturated rings. The van der Waals surface area contributed by atoms with E-state index in [4.69, 9.17) is 0 Å². The molecule has 1 amide bonds. The zero-order valence-electron chi connectivity index (χ0n) is 10.4. The quantitative estimate of drug-likeness (QED) is 0.592. The van der Waals surface area contributed by atoms with Gasteiger partial charge in [-0.15, -0.1) is 0 Å². The summed E-state index contributed by atoms with van der Waals surface area (Å²) in [6.07, 6.45) is -8.39. The van der Waals surface area contributed by atoms with Crippen molar-refractivity contribution in [3.05, 3.63) is 0 Å². The maximum absolute atomic E-state index is 12.5. The molecule has 0 atom stereocenters. The van der Waals surface area contributed by atoms with Gasteiger partial charge in [-0.3, -0.25) is 4.79 Å². The first kappa shape index (κ1) is 17.6. The van der Waals surface area contributed by atoms with E-state index in [1.807, 2.05) is 5.32 Å². The molecule has 1 N–H and O–H groups in total. The fraction of sp³-hybridized carbons (Fsp3) is 0.909. The summed E-state index contributed by atoms with van der Waals surface area (Å²) >= 11 is 3.07. The van der Waals surface area contributed by atoms with Gasteiger partial charge < -0.3 is 5.32 Å². The first-order valence-electron chi connectivity index (χ1n) is 6.03.